The van der Waals surface area contributed by atoms with Crippen molar-refractivity contribution in [1.82, 2.24) is 4.98 Å². The predicted octanol–water partition coefficient (Wildman–Crippen LogP) is 4.55. The van der Waals surface area contributed by atoms with Crippen LogP contribution >= 0.6 is 27.5 Å². The smallest absolute Gasteiger partial charge is 0.142 e. The molecule has 0 aliphatic heterocycles. The van der Waals surface area contributed by atoms with Crippen molar-refractivity contribution in [2.24, 2.45) is 0 Å². The van der Waals surface area contributed by atoms with Crippen molar-refractivity contribution in [1.29, 1.82) is 0 Å². The zero-order chi connectivity index (χ0) is 12.3. The lowest BCUT2D eigenvalue weighted by Crippen LogP contribution is -1.98. The second-order valence-corrected chi connectivity index (χ2v) is 5.18. The Kier molecular flexibility index (Phi) is 4.13. The highest BCUT2D eigenvalue weighted by molar-refractivity contribution is 9.09. The molecule has 1 nitrogen and oxygen atoms in total. The first-order chi connectivity index (χ1) is 8.16. The third-order valence-electron chi connectivity index (χ3n) is 2.42. The third-order valence-corrected chi connectivity index (χ3v) is 3.58. The number of hydrogen-bond donors (Lipinski definition) is 0. The van der Waals surface area contributed by atoms with Gasteiger partial charge < -0.3 is 0 Å². The van der Waals surface area contributed by atoms with E-state index in [9.17, 15) is 4.39 Å². The van der Waals surface area contributed by atoms with Gasteiger partial charge in [-0.25, -0.2) is 4.39 Å². The average molecular weight is 315 g/mol. The quantitative estimate of drug-likeness (QED) is 0.757. The maximum Gasteiger partial charge on any atom is 0.142 e. The number of rotatable bonds is 3. The van der Waals surface area contributed by atoms with Gasteiger partial charge in [0.15, 0.2) is 0 Å². The van der Waals surface area contributed by atoms with Gasteiger partial charge in [0.25, 0.3) is 0 Å². The minimum atomic E-state index is -0.394. The summed E-state index contributed by atoms with van der Waals surface area (Å²) >= 11 is 9.17. The molecule has 1 heterocycles. The minimum Gasteiger partial charge on any atom is -0.261 e. The molecule has 0 radical (unpaired) electrons. The molecule has 1 unspecified atom stereocenters. The number of benzene rings is 1. The summed E-state index contributed by atoms with van der Waals surface area (Å²) in [5.41, 5.74) is 1.82. The van der Waals surface area contributed by atoms with Crippen molar-refractivity contribution in [3.8, 4) is 0 Å². The van der Waals surface area contributed by atoms with E-state index >= 15 is 0 Å². The van der Waals surface area contributed by atoms with E-state index in [-0.39, 0.29) is 9.85 Å². The summed E-state index contributed by atoms with van der Waals surface area (Å²) in [7, 11) is 0. The lowest BCUT2D eigenvalue weighted by Gasteiger charge is -2.10. The number of halogens is 3. The molecule has 1 aromatic carbocycles. The van der Waals surface area contributed by atoms with Crippen LogP contribution in [-0.2, 0) is 6.42 Å². The van der Waals surface area contributed by atoms with Crippen molar-refractivity contribution in [3.05, 3.63) is 64.7 Å². The highest BCUT2D eigenvalue weighted by Crippen LogP contribution is 2.28. The molecule has 2 aromatic rings. The summed E-state index contributed by atoms with van der Waals surface area (Å²) in [6.45, 7) is 0. The standard InChI is InChI=1S/C13H10BrClFN/c14-11(8-10-3-1-2-6-17-10)9-4-5-12(15)13(16)7-9/h1-7,11H,8H2. The van der Waals surface area contributed by atoms with Crippen LogP contribution in [0.5, 0.6) is 0 Å². The normalized spacial score (nSPS) is 12.4. The molecule has 17 heavy (non-hydrogen) atoms. The van der Waals surface area contributed by atoms with E-state index in [1.54, 1.807) is 12.3 Å². The molecule has 0 aliphatic carbocycles. The maximum atomic E-state index is 13.3. The molecular formula is C13H10BrClFN. The first-order valence-corrected chi connectivity index (χ1v) is 6.45. The van der Waals surface area contributed by atoms with E-state index in [0.717, 1.165) is 11.3 Å². The molecule has 2 rings (SSSR count). The monoisotopic (exact) mass is 313 g/mol. The molecular weight excluding hydrogens is 305 g/mol. The second-order valence-electron chi connectivity index (χ2n) is 3.67. The molecule has 1 atom stereocenters. The fourth-order valence-electron chi connectivity index (χ4n) is 1.53. The van der Waals surface area contributed by atoms with Crippen LogP contribution in [0.2, 0.25) is 5.02 Å². The molecule has 0 saturated heterocycles. The molecule has 88 valence electrons. The average Bonchev–Trinajstić information content (AvgIpc) is 2.34. The van der Waals surface area contributed by atoms with E-state index in [1.807, 2.05) is 24.3 Å². The van der Waals surface area contributed by atoms with Crippen LogP contribution in [0.25, 0.3) is 0 Å². The van der Waals surface area contributed by atoms with Gasteiger partial charge >= 0.3 is 0 Å². The Morgan fingerprint density at radius 2 is 2.12 bits per heavy atom. The van der Waals surface area contributed by atoms with Crippen molar-refractivity contribution in [2.75, 3.05) is 0 Å². The van der Waals surface area contributed by atoms with Crippen molar-refractivity contribution in [2.45, 2.75) is 11.2 Å². The van der Waals surface area contributed by atoms with E-state index in [4.69, 9.17) is 11.6 Å². The summed E-state index contributed by atoms with van der Waals surface area (Å²) in [5, 5.41) is 0.145. The van der Waals surface area contributed by atoms with Crippen LogP contribution in [-0.4, -0.2) is 4.98 Å². The minimum absolute atomic E-state index is 0.0316. The Hall–Kier alpha value is -0.930. The number of alkyl halides is 1. The summed E-state index contributed by atoms with van der Waals surface area (Å²) in [6.07, 6.45) is 2.46. The van der Waals surface area contributed by atoms with Crippen LogP contribution in [0, 0.1) is 5.82 Å². The number of nitrogens with zero attached hydrogens (tertiary/aromatic N) is 1. The number of pyridine rings is 1. The van der Waals surface area contributed by atoms with Gasteiger partial charge in [0.05, 0.1) is 5.02 Å². The van der Waals surface area contributed by atoms with E-state index < -0.39 is 5.82 Å². The fraction of sp³-hybridized carbons (Fsp3) is 0.154. The largest absolute Gasteiger partial charge is 0.261 e. The first kappa shape index (κ1) is 12.5. The summed E-state index contributed by atoms with van der Waals surface area (Å²) in [6, 6.07) is 10.6. The van der Waals surface area contributed by atoms with Gasteiger partial charge in [0, 0.05) is 23.1 Å². The number of aromatic nitrogens is 1. The molecule has 0 bridgehead atoms. The van der Waals surface area contributed by atoms with Crippen molar-refractivity contribution >= 4 is 27.5 Å². The molecule has 0 saturated carbocycles. The van der Waals surface area contributed by atoms with E-state index in [2.05, 4.69) is 20.9 Å². The zero-order valence-electron chi connectivity index (χ0n) is 8.91. The van der Waals surface area contributed by atoms with Crippen LogP contribution in [0.15, 0.2) is 42.6 Å². The Labute approximate surface area is 113 Å². The lowest BCUT2D eigenvalue weighted by atomic mass is 10.1. The van der Waals surface area contributed by atoms with E-state index in [1.165, 1.54) is 6.07 Å². The molecule has 0 spiro atoms. The SMILES string of the molecule is Fc1cc(C(Br)Cc2ccccn2)ccc1Cl. The lowest BCUT2D eigenvalue weighted by molar-refractivity contribution is 0.625. The van der Waals surface area contributed by atoms with Crippen LogP contribution < -0.4 is 0 Å². The summed E-state index contributed by atoms with van der Waals surface area (Å²) < 4.78 is 13.3. The molecule has 1 aromatic heterocycles. The van der Waals surface area contributed by atoms with Gasteiger partial charge in [0.2, 0.25) is 0 Å². The predicted molar refractivity (Wildman–Crippen MR) is 71.0 cm³/mol. The highest BCUT2D eigenvalue weighted by Gasteiger charge is 2.11. The summed E-state index contributed by atoms with van der Waals surface area (Å²) in [5.74, 6) is -0.394. The van der Waals surface area contributed by atoms with Crippen molar-refractivity contribution in [3.63, 3.8) is 0 Å². The fourth-order valence-corrected chi connectivity index (χ4v) is 2.26. The van der Waals surface area contributed by atoms with Crippen LogP contribution in [0.1, 0.15) is 16.1 Å². The molecule has 0 aliphatic rings. The second kappa shape index (κ2) is 5.61. The Bertz CT molecular complexity index is 504. The Balaban J connectivity index is 2.14. The summed E-state index contributed by atoms with van der Waals surface area (Å²) in [4.78, 5) is 4.27. The van der Waals surface area contributed by atoms with Gasteiger partial charge in [-0.15, -0.1) is 0 Å². The van der Waals surface area contributed by atoms with Crippen molar-refractivity contribution < 1.29 is 4.39 Å². The topological polar surface area (TPSA) is 12.9 Å². The van der Waals surface area contributed by atoms with Gasteiger partial charge in [-0.05, 0) is 29.8 Å². The third kappa shape index (κ3) is 3.27. The maximum absolute atomic E-state index is 13.3. The first-order valence-electron chi connectivity index (χ1n) is 5.16. The van der Waals surface area contributed by atoms with Gasteiger partial charge in [-0.2, -0.15) is 0 Å². The Morgan fingerprint density at radius 1 is 1.29 bits per heavy atom. The molecule has 0 N–H and O–H groups in total. The molecule has 0 amide bonds. The molecule has 0 fully saturated rings. The van der Waals surface area contributed by atoms with Crippen LogP contribution in [0.4, 0.5) is 4.39 Å². The van der Waals surface area contributed by atoms with Crippen LogP contribution in [0.3, 0.4) is 0 Å². The van der Waals surface area contributed by atoms with Gasteiger partial charge in [-0.1, -0.05) is 39.7 Å². The van der Waals surface area contributed by atoms with E-state index in [0.29, 0.717) is 6.42 Å². The molecule has 4 heteroatoms. The number of hydrogen-bond acceptors (Lipinski definition) is 1. The zero-order valence-corrected chi connectivity index (χ0v) is 11.2. The Morgan fingerprint density at radius 3 is 2.76 bits per heavy atom. The van der Waals surface area contributed by atoms with Gasteiger partial charge in [-0.3, -0.25) is 4.98 Å². The highest BCUT2D eigenvalue weighted by atomic mass is 79.9. The van der Waals surface area contributed by atoms with Gasteiger partial charge in [0.1, 0.15) is 5.82 Å².